The number of hydrogen-bond donors (Lipinski definition) is 0. The van der Waals surface area contributed by atoms with Crippen LogP contribution >= 0.6 is 0 Å². The highest BCUT2D eigenvalue weighted by Crippen LogP contribution is 2.30. The Bertz CT molecular complexity index is 678. The van der Waals surface area contributed by atoms with Crippen molar-refractivity contribution in [2.24, 2.45) is 0 Å². The van der Waals surface area contributed by atoms with Gasteiger partial charge in [0.25, 0.3) is 0 Å². The Morgan fingerprint density at radius 3 is 3.17 bits per heavy atom. The summed E-state index contributed by atoms with van der Waals surface area (Å²) in [7, 11) is 0. The minimum Gasteiger partial charge on any atom is -0.370 e. The third-order valence-corrected chi connectivity index (χ3v) is 4.91. The molecule has 0 spiro atoms. The zero-order chi connectivity index (χ0) is 15.8. The van der Waals surface area contributed by atoms with Gasteiger partial charge in [0.05, 0.1) is 36.3 Å². The first kappa shape index (κ1) is 14.8. The Hall–Kier alpha value is -1.73. The van der Waals surface area contributed by atoms with Crippen molar-refractivity contribution in [3.05, 3.63) is 29.3 Å². The van der Waals surface area contributed by atoms with Crippen molar-refractivity contribution in [2.45, 2.75) is 58.5 Å². The van der Waals surface area contributed by atoms with Gasteiger partial charge >= 0.3 is 0 Å². The number of rotatable bonds is 4. The van der Waals surface area contributed by atoms with Gasteiger partial charge in [-0.25, -0.2) is 4.68 Å². The van der Waals surface area contributed by atoms with Gasteiger partial charge in [-0.15, -0.1) is 5.10 Å². The van der Waals surface area contributed by atoms with Gasteiger partial charge in [0, 0.05) is 37.9 Å². The van der Waals surface area contributed by atoms with Crippen LogP contribution in [0, 0.1) is 6.92 Å². The number of fused-ring (bicyclic) bond motifs is 3. The molecule has 23 heavy (non-hydrogen) atoms. The molecular weight excluding hydrogens is 292 g/mol. The van der Waals surface area contributed by atoms with Gasteiger partial charge in [-0.3, -0.25) is 9.58 Å². The summed E-state index contributed by atoms with van der Waals surface area (Å²) in [6, 6.07) is 0.279. The van der Waals surface area contributed by atoms with Crippen LogP contribution in [0.1, 0.15) is 42.8 Å². The third kappa shape index (κ3) is 2.79. The molecule has 2 unspecified atom stereocenters. The molecule has 0 aliphatic carbocycles. The van der Waals surface area contributed by atoms with E-state index in [9.17, 15) is 0 Å². The zero-order valence-electron chi connectivity index (χ0n) is 13.9. The highest BCUT2D eigenvalue weighted by atomic mass is 16.5. The second-order valence-electron chi connectivity index (χ2n) is 6.61. The lowest BCUT2D eigenvalue weighted by Gasteiger charge is -2.41. The van der Waals surface area contributed by atoms with Crippen molar-refractivity contribution in [2.75, 3.05) is 13.1 Å². The highest BCUT2D eigenvalue weighted by Gasteiger charge is 2.36. The van der Waals surface area contributed by atoms with Gasteiger partial charge in [0.15, 0.2) is 0 Å². The molecular formula is C16H24N6O. The molecule has 0 amide bonds. The molecule has 7 nitrogen and oxygen atoms in total. The number of piperidine rings is 1. The Morgan fingerprint density at radius 1 is 1.39 bits per heavy atom. The Morgan fingerprint density at radius 2 is 2.30 bits per heavy atom. The molecule has 2 aromatic rings. The molecule has 1 saturated heterocycles. The summed E-state index contributed by atoms with van der Waals surface area (Å²) in [6.07, 6.45) is 6.44. The Labute approximate surface area is 136 Å². The van der Waals surface area contributed by atoms with Crippen molar-refractivity contribution in [3.63, 3.8) is 0 Å². The Kier molecular flexibility index (Phi) is 3.90. The zero-order valence-corrected chi connectivity index (χ0v) is 13.9. The van der Waals surface area contributed by atoms with Crippen LogP contribution in [-0.2, 0) is 24.4 Å². The molecule has 4 heterocycles. The average molecular weight is 316 g/mol. The molecule has 2 aliphatic rings. The van der Waals surface area contributed by atoms with E-state index >= 15 is 0 Å². The van der Waals surface area contributed by atoms with Crippen LogP contribution < -0.4 is 0 Å². The summed E-state index contributed by atoms with van der Waals surface area (Å²) in [5.41, 5.74) is 3.55. The molecule has 2 aromatic heterocycles. The van der Waals surface area contributed by atoms with Crippen LogP contribution in [0.4, 0.5) is 0 Å². The normalized spacial score (nSPS) is 24.4. The number of ether oxygens (including phenoxy) is 1. The highest BCUT2D eigenvalue weighted by molar-refractivity contribution is 5.15. The lowest BCUT2D eigenvalue weighted by Crippen LogP contribution is -2.47. The number of hydrogen-bond acceptors (Lipinski definition) is 5. The van der Waals surface area contributed by atoms with Gasteiger partial charge in [-0.2, -0.15) is 5.10 Å². The second-order valence-corrected chi connectivity index (χ2v) is 6.61. The standard InChI is InChI=1S/C16H24N6O/c1-3-5-21-9-13(12(2)18-21)8-20-6-4-16-15(10-20)22-14(11-23-16)7-17-19-22/h7,9,15-16H,3-6,8,10-11H2,1-2H3. The minimum atomic E-state index is 0.268. The summed E-state index contributed by atoms with van der Waals surface area (Å²) in [5.74, 6) is 0. The predicted octanol–water partition coefficient (Wildman–Crippen LogP) is 1.54. The summed E-state index contributed by atoms with van der Waals surface area (Å²) in [5, 5.41) is 12.9. The van der Waals surface area contributed by atoms with Crippen LogP contribution in [-0.4, -0.2) is 48.9 Å². The van der Waals surface area contributed by atoms with Gasteiger partial charge in [-0.05, 0) is 19.8 Å². The van der Waals surface area contributed by atoms with E-state index in [1.54, 1.807) is 0 Å². The van der Waals surface area contributed by atoms with E-state index in [0.717, 1.165) is 50.4 Å². The fourth-order valence-corrected chi connectivity index (χ4v) is 3.69. The van der Waals surface area contributed by atoms with Crippen LogP contribution in [0.15, 0.2) is 12.4 Å². The van der Waals surface area contributed by atoms with Crippen molar-refractivity contribution in [1.29, 1.82) is 0 Å². The first-order chi connectivity index (χ1) is 11.2. The fraction of sp³-hybridized carbons (Fsp3) is 0.688. The van der Waals surface area contributed by atoms with E-state index in [4.69, 9.17) is 4.74 Å². The van der Waals surface area contributed by atoms with Crippen molar-refractivity contribution in [3.8, 4) is 0 Å². The summed E-state index contributed by atoms with van der Waals surface area (Å²) >= 11 is 0. The molecule has 7 heteroatoms. The minimum absolute atomic E-state index is 0.268. The quantitative estimate of drug-likeness (QED) is 0.856. The number of nitrogens with zero attached hydrogens (tertiary/aromatic N) is 6. The van der Waals surface area contributed by atoms with Gasteiger partial charge in [0.2, 0.25) is 0 Å². The van der Waals surface area contributed by atoms with E-state index < -0.39 is 0 Å². The topological polar surface area (TPSA) is 61.0 Å². The molecule has 0 saturated carbocycles. The van der Waals surface area contributed by atoms with Crippen LogP contribution in [0.3, 0.4) is 0 Å². The maximum atomic E-state index is 5.98. The SMILES string of the molecule is CCCn1cc(CN2CCC3OCc4cnnn4C3C2)c(C)n1. The fourth-order valence-electron chi connectivity index (χ4n) is 3.69. The van der Waals surface area contributed by atoms with E-state index in [2.05, 4.69) is 49.7 Å². The number of aryl methyl sites for hydroxylation is 2. The molecule has 0 radical (unpaired) electrons. The van der Waals surface area contributed by atoms with E-state index in [0.29, 0.717) is 6.61 Å². The van der Waals surface area contributed by atoms with E-state index in [1.165, 1.54) is 5.56 Å². The molecule has 4 rings (SSSR count). The molecule has 0 N–H and O–H groups in total. The third-order valence-electron chi connectivity index (χ3n) is 4.91. The summed E-state index contributed by atoms with van der Waals surface area (Å²) in [6.45, 7) is 8.87. The first-order valence-electron chi connectivity index (χ1n) is 8.50. The van der Waals surface area contributed by atoms with Gasteiger partial charge < -0.3 is 4.74 Å². The smallest absolute Gasteiger partial charge is 0.0930 e. The lowest BCUT2D eigenvalue weighted by molar-refractivity contribution is -0.0670. The molecule has 0 bridgehead atoms. The lowest BCUT2D eigenvalue weighted by atomic mass is 10.00. The van der Waals surface area contributed by atoms with Gasteiger partial charge in [0.1, 0.15) is 0 Å². The van der Waals surface area contributed by atoms with Crippen LogP contribution in [0.25, 0.3) is 0 Å². The maximum absolute atomic E-state index is 5.98. The average Bonchev–Trinajstić information content (AvgIpc) is 3.15. The van der Waals surface area contributed by atoms with Crippen LogP contribution in [0.2, 0.25) is 0 Å². The maximum Gasteiger partial charge on any atom is 0.0930 e. The van der Waals surface area contributed by atoms with E-state index in [-0.39, 0.29) is 12.1 Å². The van der Waals surface area contributed by atoms with Crippen LogP contribution in [0.5, 0.6) is 0 Å². The van der Waals surface area contributed by atoms with Crippen molar-refractivity contribution < 1.29 is 4.74 Å². The monoisotopic (exact) mass is 316 g/mol. The predicted molar refractivity (Wildman–Crippen MR) is 84.8 cm³/mol. The van der Waals surface area contributed by atoms with E-state index in [1.807, 2.05) is 6.20 Å². The molecule has 2 aliphatic heterocycles. The number of aromatic nitrogens is 5. The molecule has 2 atom stereocenters. The molecule has 0 aromatic carbocycles. The molecule has 1 fully saturated rings. The summed E-state index contributed by atoms with van der Waals surface area (Å²) in [4.78, 5) is 2.49. The van der Waals surface area contributed by atoms with Crippen molar-refractivity contribution in [1.82, 2.24) is 29.7 Å². The Balaban J connectivity index is 1.48. The second kappa shape index (κ2) is 6.05. The van der Waals surface area contributed by atoms with Gasteiger partial charge in [-0.1, -0.05) is 12.1 Å². The number of likely N-dealkylation sites (tertiary alicyclic amines) is 1. The molecule has 124 valence electrons. The largest absolute Gasteiger partial charge is 0.370 e. The van der Waals surface area contributed by atoms with Crippen molar-refractivity contribution >= 4 is 0 Å². The summed E-state index contributed by atoms with van der Waals surface area (Å²) < 4.78 is 10.1. The first-order valence-corrected chi connectivity index (χ1v) is 8.50.